The first-order valence-corrected chi connectivity index (χ1v) is 11.4. The molecule has 0 heterocycles. The molecule has 6 nitrogen and oxygen atoms in total. The molecule has 2 N–H and O–H groups in total. The van der Waals surface area contributed by atoms with Gasteiger partial charge in [-0.2, -0.15) is 5.26 Å². The van der Waals surface area contributed by atoms with Crippen LogP contribution in [0, 0.1) is 25.2 Å². The molecule has 0 aliphatic carbocycles. The number of ether oxygens (including phenoxy) is 1. The van der Waals surface area contributed by atoms with Gasteiger partial charge in [0.25, 0.3) is 11.8 Å². The monoisotopic (exact) mass is 537 g/mol. The Morgan fingerprint density at radius 3 is 2.53 bits per heavy atom. The predicted molar refractivity (Wildman–Crippen MR) is 138 cm³/mol. The van der Waals surface area contributed by atoms with E-state index in [9.17, 15) is 14.9 Å². The Kier molecular flexibility index (Phi) is 8.47. The van der Waals surface area contributed by atoms with Crippen molar-refractivity contribution in [2.45, 2.75) is 13.8 Å². The van der Waals surface area contributed by atoms with Crippen molar-refractivity contribution in [1.29, 1.82) is 5.26 Å². The fourth-order valence-electron chi connectivity index (χ4n) is 3.00. The van der Waals surface area contributed by atoms with Gasteiger partial charge >= 0.3 is 0 Å². The normalized spacial score (nSPS) is 10.9. The summed E-state index contributed by atoms with van der Waals surface area (Å²) in [5, 5.41) is 15.6. The van der Waals surface area contributed by atoms with E-state index in [4.69, 9.17) is 16.3 Å². The first-order valence-electron chi connectivity index (χ1n) is 10.2. The van der Waals surface area contributed by atoms with Crippen molar-refractivity contribution in [3.63, 3.8) is 0 Å². The molecule has 0 atom stereocenters. The number of amides is 2. The number of nitriles is 1. The zero-order valence-electron chi connectivity index (χ0n) is 18.5. The van der Waals surface area contributed by atoms with Gasteiger partial charge in [0.15, 0.2) is 6.61 Å². The standard InChI is InChI=1S/C26H21BrClN3O3/c1-16-4-3-5-21(10-16)31-26(33)19(14-29)11-18-12-20(27)7-9-24(18)34-15-25(32)30-22-8-6-17(2)23(28)13-22/h3-13H,15H2,1-2H3,(H,30,32)(H,31,33)/b19-11+. The average Bonchev–Trinajstić information content (AvgIpc) is 2.79. The molecule has 0 radical (unpaired) electrons. The Morgan fingerprint density at radius 2 is 1.82 bits per heavy atom. The zero-order valence-corrected chi connectivity index (χ0v) is 20.8. The summed E-state index contributed by atoms with van der Waals surface area (Å²) in [4.78, 5) is 25.0. The molecule has 3 aromatic rings. The fraction of sp³-hybridized carbons (Fsp3) is 0.115. The summed E-state index contributed by atoms with van der Waals surface area (Å²) in [6, 6.07) is 19.5. The molecule has 2 amide bonds. The number of anilines is 2. The number of halogens is 2. The molecular formula is C26H21BrClN3O3. The second-order valence-electron chi connectivity index (χ2n) is 7.48. The summed E-state index contributed by atoms with van der Waals surface area (Å²) in [6.45, 7) is 3.51. The van der Waals surface area contributed by atoms with Crippen LogP contribution in [0.25, 0.3) is 6.08 Å². The Hall–Kier alpha value is -3.60. The van der Waals surface area contributed by atoms with Crippen LogP contribution >= 0.6 is 27.5 Å². The molecule has 0 aliphatic heterocycles. The van der Waals surface area contributed by atoms with Crippen LogP contribution < -0.4 is 15.4 Å². The van der Waals surface area contributed by atoms with Crippen molar-refractivity contribution in [2.24, 2.45) is 0 Å². The van der Waals surface area contributed by atoms with Crippen molar-refractivity contribution >= 4 is 56.8 Å². The maximum absolute atomic E-state index is 12.6. The molecule has 0 saturated carbocycles. The molecule has 172 valence electrons. The van der Waals surface area contributed by atoms with Crippen molar-refractivity contribution in [3.8, 4) is 11.8 Å². The van der Waals surface area contributed by atoms with Gasteiger partial charge in [-0.1, -0.05) is 45.7 Å². The molecule has 0 spiro atoms. The van der Waals surface area contributed by atoms with E-state index in [2.05, 4.69) is 26.6 Å². The quantitative estimate of drug-likeness (QED) is 0.273. The summed E-state index contributed by atoms with van der Waals surface area (Å²) in [5.74, 6) is -0.583. The van der Waals surface area contributed by atoms with E-state index in [1.54, 1.807) is 42.5 Å². The molecule has 0 unspecified atom stereocenters. The molecule has 3 aromatic carbocycles. The van der Waals surface area contributed by atoms with E-state index >= 15 is 0 Å². The molecule has 8 heteroatoms. The van der Waals surface area contributed by atoms with Gasteiger partial charge in [0.2, 0.25) is 0 Å². The number of rotatable bonds is 7. The van der Waals surface area contributed by atoms with Crippen LogP contribution in [0.1, 0.15) is 16.7 Å². The minimum absolute atomic E-state index is 0.108. The summed E-state index contributed by atoms with van der Waals surface area (Å²) in [6.07, 6.45) is 1.42. The van der Waals surface area contributed by atoms with Crippen molar-refractivity contribution in [1.82, 2.24) is 0 Å². The highest BCUT2D eigenvalue weighted by atomic mass is 79.9. The molecule has 0 saturated heterocycles. The smallest absolute Gasteiger partial charge is 0.266 e. The largest absolute Gasteiger partial charge is 0.483 e. The Balaban J connectivity index is 1.74. The van der Waals surface area contributed by atoms with E-state index in [0.717, 1.165) is 15.6 Å². The van der Waals surface area contributed by atoms with Gasteiger partial charge in [-0.25, -0.2) is 0 Å². The van der Waals surface area contributed by atoms with Crippen LogP contribution in [-0.2, 0) is 9.59 Å². The van der Waals surface area contributed by atoms with Crippen LogP contribution in [0.4, 0.5) is 11.4 Å². The van der Waals surface area contributed by atoms with E-state index < -0.39 is 5.91 Å². The van der Waals surface area contributed by atoms with Gasteiger partial charge in [0, 0.05) is 26.4 Å². The van der Waals surface area contributed by atoms with Crippen LogP contribution in [0.15, 0.2) is 70.7 Å². The summed E-state index contributed by atoms with van der Waals surface area (Å²) in [5.41, 5.74) is 3.39. The first-order chi connectivity index (χ1) is 16.2. The highest BCUT2D eigenvalue weighted by molar-refractivity contribution is 9.10. The molecule has 0 bridgehead atoms. The molecular weight excluding hydrogens is 518 g/mol. The average molecular weight is 539 g/mol. The lowest BCUT2D eigenvalue weighted by Gasteiger charge is -2.11. The van der Waals surface area contributed by atoms with Gasteiger partial charge in [-0.3, -0.25) is 9.59 Å². The van der Waals surface area contributed by atoms with Crippen LogP contribution in [-0.4, -0.2) is 18.4 Å². The maximum Gasteiger partial charge on any atom is 0.266 e. The highest BCUT2D eigenvalue weighted by Gasteiger charge is 2.13. The Morgan fingerprint density at radius 1 is 1.06 bits per heavy atom. The van der Waals surface area contributed by atoms with Crippen LogP contribution in [0.2, 0.25) is 5.02 Å². The summed E-state index contributed by atoms with van der Waals surface area (Å²) < 4.78 is 6.41. The lowest BCUT2D eigenvalue weighted by atomic mass is 10.1. The molecule has 0 aliphatic rings. The maximum atomic E-state index is 12.6. The number of carbonyl (C=O) groups is 2. The Labute approximate surface area is 211 Å². The lowest BCUT2D eigenvalue weighted by molar-refractivity contribution is -0.118. The Bertz CT molecular complexity index is 1310. The van der Waals surface area contributed by atoms with Gasteiger partial charge < -0.3 is 15.4 Å². The summed E-state index contributed by atoms with van der Waals surface area (Å²) in [7, 11) is 0. The number of benzene rings is 3. The third-order valence-electron chi connectivity index (χ3n) is 4.73. The molecule has 0 fully saturated rings. The minimum atomic E-state index is -0.548. The number of hydrogen-bond donors (Lipinski definition) is 2. The molecule has 34 heavy (non-hydrogen) atoms. The van der Waals surface area contributed by atoms with E-state index in [1.807, 2.05) is 38.1 Å². The van der Waals surface area contributed by atoms with Crippen molar-refractivity contribution in [2.75, 3.05) is 17.2 Å². The minimum Gasteiger partial charge on any atom is -0.483 e. The molecule has 0 aromatic heterocycles. The van der Waals surface area contributed by atoms with E-state index in [1.165, 1.54) is 6.08 Å². The van der Waals surface area contributed by atoms with Gasteiger partial charge in [-0.05, 0) is 73.5 Å². The van der Waals surface area contributed by atoms with Gasteiger partial charge in [-0.15, -0.1) is 0 Å². The topological polar surface area (TPSA) is 91.2 Å². The van der Waals surface area contributed by atoms with Gasteiger partial charge in [0.1, 0.15) is 17.4 Å². The lowest BCUT2D eigenvalue weighted by Crippen LogP contribution is -2.20. The first kappa shape index (κ1) is 25.0. The van der Waals surface area contributed by atoms with Crippen LogP contribution in [0.3, 0.4) is 0 Å². The van der Waals surface area contributed by atoms with Crippen molar-refractivity contribution in [3.05, 3.63) is 92.4 Å². The van der Waals surface area contributed by atoms with Crippen LogP contribution in [0.5, 0.6) is 5.75 Å². The number of aryl methyl sites for hydroxylation is 2. The van der Waals surface area contributed by atoms with E-state index in [0.29, 0.717) is 27.7 Å². The highest BCUT2D eigenvalue weighted by Crippen LogP contribution is 2.26. The number of hydrogen-bond acceptors (Lipinski definition) is 4. The third kappa shape index (κ3) is 6.95. The van der Waals surface area contributed by atoms with Gasteiger partial charge in [0.05, 0.1) is 0 Å². The molecule has 3 rings (SSSR count). The van der Waals surface area contributed by atoms with E-state index in [-0.39, 0.29) is 18.1 Å². The number of nitrogens with one attached hydrogen (secondary N) is 2. The second kappa shape index (κ2) is 11.5. The number of nitrogens with zero attached hydrogens (tertiary/aromatic N) is 1. The summed E-state index contributed by atoms with van der Waals surface area (Å²) >= 11 is 9.48. The zero-order chi connectivity index (χ0) is 24.7. The predicted octanol–water partition coefficient (Wildman–Crippen LogP) is 6.28. The fourth-order valence-corrected chi connectivity index (χ4v) is 3.56. The van der Waals surface area contributed by atoms with Crippen molar-refractivity contribution < 1.29 is 14.3 Å². The number of carbonyl (C=O) groups excluding carboxylic acids is 2. The second-order valence-corrected chi connectivity index (χ2v) is 8.80. The SMILES string of the molecule is Cc1cccc(NC(=O)/C(C#N)=C/c2cc(Br)ccc2OCC(=O)Nc2ccc(C)c(Cl)c2)c1. The third-order valence-corrected chi connectivity index (χ3v) is 5.63.